The van der Waals surface area contributed by atoms with Gasteiger partial charge in [-0.15, -0.1) is 13.2 Å². The molecule has 2 rings (SSSR count). The number of hydrogen-bond donors (Lipinski definition) is 2. The van der Waals surface area contributed by atoms with Crippen LogP contribution in [-0.4, -0.2) is 25.9 Å². The fraction of sp³-hybridized carbons (Fsp3) is 0.0714. The van der Waals surface area contributed by atoms with Crippen molar-refractivity contribution in [2.45, 2.75) is 11.3 Å². The summed E-state index contributed by atoms with van der Waals surface area (Å²) in [5.41, 5.74) is 4.09. The number of rotatable bonds is 4. The highest BCUT2D eigenvalue weighted by Gasteiger charge is 2.33. The highest BCUT2D eigenvalue weighted by Crippen LogP contribution is 2.40. The van der Waals surface area contributed by atoms with Crippen LogP contribution in [0, 0.1) is 0 Å². The number of halogens is 4. The fourth-order valence-corrected chi connectivity index (χ4v) is 3.51. The van der Waals surface area contributed by atoms with E-state index < -0.39 is 37.6 Å². The summed E-state index contributed by atoms with van der Waals surface area (Å²) < 4.78 is 65.3. The van der Waals surface area contributed by atoms with Gasteiger partial charge in [0.25, 0.3) is 9.05 Å². The van der Waals surface area contributed by atoms with Crippen LogP contribution < -0.4 is 10.5 Å². The van der Waals surface area contributed by atoms with Gasteiger partial charge in [-0.2, -0.15) is 0 Å². The Morgan fingerprint density at radius 3 is 2.32 bits per heavy atom. The van der Waals surface area contributed by atoms with Crippen molar-refractivity contribution in [2.24, 2.45) is 0 Å². The summed E-state index contributed by atoms with van der Waals surface area (Å²) >= 11 is 0. The maximum Gasteiger partial charge on any atom is 0.573 e. The number of aromatic carboxylic acids is 1. The van der Waals surface area contributed by atoms with Gasteiger partial charge in [0.2, 0.25) is 0 Å². The van der Waals surface area contributed by atoms with Crippen LogP contribution in [0.3, 0.4) is 0 Å². The molecule has 0 radical (unpaired) electrons. The molecule has 0 saturated carbocycles. The average molecular weight is 396 g/mol. The Balaban J connectivity index is 2.86. The normalized spacial score (nSPS) is 12.0. The first-order valence-corrected chi connectivity index (χ1v) is 8.67. The molecule has 11 heteroatoms. The molecule has 0 amide bonds. The van der Waals surface area contributed by atoms with Crippen LogP contribution in [0.2, 0.25) is 0 Å². The number of nitrogens with two attached hydrogens (primary N) is 1. The number of hydrogen-bond acceptors (Lipinski definition) is 5. The molecule has 0 aliphatic carbocycles. The minimum atomic E-state index is -5.06. The van der Waals surface area contributed by atoms with Crippen molar-refractivity contribution < 1.29 is 36.2 Å². The molecule has 2 aromatic carbocycles. The first-order chi connectivity index (χ1) is 11.4. The molecule has 3 N–H and O–H groups in total. The molecule has 0 spiro atoms. The summed E-state index contributed by atoms with van der Waals surface area (Å²) in [6.07, 6.45) is -5.06. The monoisotopic (exact) mass is 395 g/mol. The van der Waals surface area contributed by atoms with Gasteiger partial charge in [0, 0.05) is 27.5 Å². The lowest BCUT2D eigenvalue weighted by molar-refractivity contribution is -0.274. The summed E-state index contributed by atoms with van der Waals surface area (Å²) in [5, 5.41) is 9.15. The average Bonchev–Trinajstić information content (AvgIpc) is 2.46. The standard InChI is InChI=1S/C14H9ClF3NO5S/c15-25(22,23)12-8(2-1-3-9(12)13(20)21)10-6-7(19)4-5-11(10)24-14(16,17)18/h1-6H,19H2,(H,20,21). The molecule has 0 unspecified atom stereocenters. The van der Waals surface area contributed by atoms with Crippen molar-refractivity contribution in [3.63, 3.8) is 0 Å². The molecule has 2 aromatic rings. The Labute approximate surface area is 144 Å². The zero-order valence-electron chi connectivity index (χ0n) is 12.0. The summed E-state index contributed by atoms with van der Waals surface area (Å²) in [6.45, 7) is 0. The number of alkyl halides is 3. The molecule has 0 fully saturated rings. The largest absolute Gasteiger partial charge is 0.573 e. The van der Waals surface area contributed by atoms with Crippen molar-refractivity contribution >= 4 is 31.4 Å². The van der Waals surface area contributed by atoms with Crippen LogP contribution in [0.4, 0.5) is 18.9 Å². The SMILES string of the molecule is Nc1ccc(OC(F)(F)F)c(-c2cccc(C(=O)O)c2S(=O)(=O)Cl)c1. The molecule has 6 nitrogen and oxygen atoms in total. The van der Waals surface area contributed by atoms with E-state index in [-0.39, 0.29) is 16.8 Å². The van der Waals surface area contributed by atoms with Gasteiger partial charge >= 0.3 is 12.3 Å². The molecule has 0 aliphatic heterocycles. The second-order valence-corrected chi connectivity index (χ2v) is 7.23. The highest BCUT2D eigenvalue weighted by atomic mass is 35.7. The number of carboxylic acids is 1. The first-order valence-electron chi connectivity index (χ1n) is 6.37. The van der Waals surface area contributed by atoms with Gasteiger partial charge in [0.05, 0.1) is 5.56 Å². The third-order valence-electron chi connectivity index (χ3n) is 3.01. The maximum absolute atomic E-state index is 12.6. The van der Waals surface area contributed by atoms with E-state index in [1.54, 1.807) is 0 Å². The predicted molar refractivity (Wildman–Crippen MR) is 83.0 cm³/mol. The van der Waals surface area contributed by atoms with Crippen molar-refractivity contribution in [3.8, 4) is 16.9 Å². The second kappa shape index (κ2) is 6.45. The third kappa shape index (κ3) is 4.34. The van der Waals surface area contributed by atoms with Crippen LogP contribution in [0.5, 0.6) is 5.75 Å². The van der Waals surface area contributed by atoms with Crippen molar-refractivity contribution in [3.05, 3.63) is 42.0 Å². The molecule has 0 atom stereocenters. The fourth-order valence-electron chi connectivity index (χ4n) is 2.15. The van der Waals surface area contributed by atoms with Gasteiger partial charge in [0.15, 0.2) is 0 Å². The van der Waals surface area contributed by atoms with Gasteiger partial charge in [-0.05, 0) is 24.3 Å². The minimum Gasteiger partial charge on any atom is -0.478 e. The summed E-state index contributed by atoms with van der Waals surface area (Å²) in [5.74, 6) is -2.38. The van der Waals surface area contributed by atoms with Gasteiger partial charge in [-0.1, -0.05) is 12.1 Å². The quantitative estimate of drug-likeness (QED) is 0.606. The molecular formula is C14H9ClF3NO5S. The number of nitrogen functional groups attached to an aromatic ring is 1. The lowest BCUT2D eigenvalue weighted by Gasteiger charge is -2.16. The Hall–Kier alpha value is -2.46. The number of benzene rings is 2. The van der Waals surface area contributed by atoms with Gasteiger partial charge in [0.1, 0.15) is 10.6 Å². The Morgan fingerprint density at radius 2 is 1.80 bits per heavy atom. The summed E-state index contributed by atoms with van der Waals surface area (Å²) in [6, 6.07) is 6.23. The van der Waals surface area contributed by atoms with E-state index >= 15 is 0 Å². The van der Waals surface area contributed by atoms with E-state index in [4.69, 9.17) is 21.5 Å². The van der Waals surface area contributed by atoms with Crippen LogP contribution >= 0.6 is 10.7 Å². The Bertz CT molecular complexity index is 944. The molecule has 0 aromatic heterocycles. The molecule has 0 aliphatic rings. The Morgan fingerprint density at radius 1 is 1.16 bits per heavy atom. The molecule has 134 valence electrons. The summed E-state index contributed by atoms with van der Waals surface area (Å²) in [4.78, 5) is 10.4. The van der Waals surface area contributed by atoms with E-state index in [9.17, 15) is 26.4 Å². The number of carboxylic acid groups (broad SMARTS) is 1. The van der Waals surface area contributed by atoms with Gasteiger partial charge in [-0.3, -0.25) is 0 Å². The van der Waals surface area contributed by atoms with Crippen molar-refractivity contribution in [1.29, 1.82) is 0 Å². The second-order valence-electron chi connectivity index (χ2n) is 4.73. The molecule has 0 heterocycles. The third-order valence-corrected chi connectivity index (χ3v) is 4.40. The smallest absolute Gasteiger partial charge is 0.478 e. The molecular weight excluding hydrogens is 387 g/mol. The van der Waals surface area contributed by atoms with Crippen LogP contribution in [0.25, 0.3) is 11.1 Å². The van der Waals surface area contributed by atoms with E-state index in [0.717, 1.165) is 36.4 Å². The van der Waals surface area contributed by atoms with Gasteiger partial charge in [-0.25, -0.2) is 13.2 Å². The molecule has 0 saturated heterocycles. The topological polar surface area (TPSA) is 107 Å². The van der Waals surface area contributed by atoms with Gasteiger partial charge < -0.3 is 15.6 Å². The predicted octanol–water partition coefficient (Wildman–Crippen LogP) is 3.46. The van der Waals surface area contributed by atoms with E-state index in [0.29, 0.717) is 0 Å². The van der Waals surface area contributed by atoms with Crippen LogP contribution in [-0.2, 0) is 9.05 Å². The minimum absolute atomic E-state index is 0.00294. The molecule has 25 heavy (non-hydrogen) atoms. The lowest BCUT2D eigenvalue weighted by Crippen LogP contribution is -2.18. The number of carbonyl (C=O) groups is 1. The van der Waals surface area contributed by atoms with Crippen molar-refractivity contribution in [2.75, 3.05) is 5.73 Å². The lowest BCUT2D eigenvalue weighted by atomic mass is 10.0. The zero-order chi connectivity index (χ0) is 19.0. The first kappa shape index (κ1) is 18.9. The van der Waals surface area contributed by atoms with E-state index in [1.807, 2.05) is 0 Å². The van der Waals surface area contributed by atoms with Crippen molar-refractivity contribution in [1.82, 2.24) is 0 Å². The van der Waals surface area contributed by atoms with Crippen LogP contribution in [0.1, 0.15) is 10.4 Å². The molecule has 0 bridgehead atoms. The zero-order valence-corrected chi connectivity index (χ0v) is 13.6. The summed E-state index contributed by atoms with van der Waals surface area (Å²) in [7, 11) is 0.686. The van der Waals surface area contributed by atoms with E-state index in [1.165, 1.54) is 0 Å². The van der Waals surface area contributed by atoms with E-state index in [2.05, 4.69) is 4.74 Å². The highest BCUT2D eigenvalue weighted by molar-refractivity contribution is 8.14. The number of ether oxygens (including phenoxy) is 1. The maximum atomic E-state index is 12.6. The Kier molecular flexibility index (Phi) is 4.87. The van der Waals surface area contributed by atoms with Crippen LogP contribution in [0.15, 0.2) is 41.3 Å². The number of anilines is 1.